The van der Waals surface area contributed by atoms with Gasteiger partial charge < -0.3 is 5.32 Å². The minimum Gasteiger partial charge on any atom is -0.354 e. The van der Waals surface area contributed by atoms with Crippen molar-refractivity contribution in [3.63, 3.8) is 0 Å². The van der Waals surface area contributed by atoms with Crippen molar-refractivity contribution in [2.24, 2.45) is 0 Å². The number of hydrogen-bond donors (Lipinski definition) is 1. The molecule has 0 aromatic heterocycles. The van der Waals surface area contributed by atoms with Crippen molar-refractivity contribution < 1.29 is 0 Å². The van der Waals surface area contributed by atoms with Crippen molar-refractivity contribution in [2.75, 3.05) is 5.32 Å². The monoisotopic (exact) mass is 251 g/mol. The summed E-state index contributed by atoms with van der Waals surface area (Å²) < 4.78 is 0. The van der Waals surface area contributed by atoms with Crippen molar-refractivity contribution in [1.29, 1.82) is 0 Å². The number of benzene rings is 2. The van der Waals surface area contributed by atoms with Crippen molar-refractivity contribution >= 4 is 34.6 Å². The zero-order chi connectivity index (χ0) is 11.5. The van der Waals surface area contributed by atoms with Crippen LogP contribution in [0.5, 0.6) is 0 Å². The van der Waals surface area contributed by atoms with Crippen LogP contribution >= 0.6 is 23.2 Å². The molecule has 2 rings (SSSR count). The number of nitrogens with one attached hydrogen (secondary N) is 1. The zero-order valence-corrected chi connectivity index (χ0v) is 10.3. The molecule has 0 unspecified atom stereocenters. The SMILES string of the molecule is Cc1c(Cl)ccc(Nc2ccccc2)c1Cl. The lowest BCUT2D eigenvalue weighted by Gasteiger charge is -2.10. The minimum atomic E-state index is 0.663. The maximum atomic E-state index is 6.20. The molecule has 0 aliphatic carbocycles. The number of anilines is 2. The maximum Gasteiger partial charge on any atom is 0.0684 e. The van der Waals surface area contributed by atoms with Crippen LogP contribution in [-0.2, 0) is 0 Å². The number of hydrogen-bond acceptors (Lipinski definition) is 1. The van der Waals surface area contributed by atoms with Crippen LogP contribution in [0.25, 0.3) is 0 Å². The lowest BCUT2D eigenvalue weighted by Crippen LogP contribution is -1.92. The third kappa shape index (κ3) is 2.31. The highest BCUT2D eigenvalue weighted by atomic mass is 35.5. The van der Waals surface area contributed by atoms with E-state index in [0.717, 1.165) is 16.9 Å². The van der Waals surface area contributed by atoms with E-state index >= 15 is 0 Å². The summed E-state index contributed by atoms with van der Waals surface area (Å²) in [5.74, 6) is 0. The molecule has 2 aromatic rings. The fourth-order valence-electron chi connectivity index (χ4n) is 1.44. The van der Waals surface area contributed by atoms with Crippen LogP contribution in [0.3, 0.4) is 0 Å². The van der Waals surface area contributed by atoms with Crippen LogP contribution < -0.4 is 5.32 Å². The number of rotatable bonds is 2. The van der Waals surface area contributed by atoms with E-state index in [1.807, 2.05) is 49.4 Å². The molecule has 0 saturated carbocycles. The topological polar surface area (TPSA) is 12.0 Å². The largest absolute Gasteiger partial charge is 0.354 e. The maximum absolute atomic E-state index is 6.20. The molecule has 0 spiro atoms. The molecule has 0 saturated heterocycles. The molecular weight excluding hydrogens is 241 g/mol. The first-order chi connectivity index (χ1) is 7.68. The molecule has 1 nitrogen and oxygen atoms in total. The predicted molar refractivity (Wildman–Crippen MR) is 70.9 cm³/mol. The van der Waals surface area contributed by atoms with Crippen molar-refractivity contribution in [3.8, 4) is 0 Å². The van der Waals surface area contributed by atoms with Crippen molar-refractivity contribution in [1.82, 2.24) is 0 Å². The van der Waals surface area contributed by atoms with Crippen LogP contribution in [-0.4, -0.2) is 0 Å². The van der Waals surface area contributed by atoms with Gasteiger partial charge >= 0.3 is 0 Å². The Labute approximate surface area is 105 Å². The normalized spacial score (nSPS) is 10.2. The van der Waals surface area contributed by atoms with Gasteiger partial charge in [-0.1, -0.05) is 41.4 Å². The van der Waals surface area contributed by atoms with E-state index in [9.17, 15) is 0 Å². The van der Waals surface area contributed by atoms with Gasteiger partial charge in [0.05, 0.1) is 10.7 Å². The molecular formula is C13H11Cl2N. The van der Waals surface area contributed by atoms with E-state index in [-0.39, 0.29) is 0 Å². The Hall–Kier alpha value is -1.18. The standard InChI is InChI=1S/C13H11Cl2N/c1-9-11(14)7-8-12(13(9)15)16-10-5-3-2-4-6-10/h2-8,16H,1H3. The first kappa shape index (κ1) is 11.3. The highest BCUT2D eigenvalue weighted by Crippen LogP contribution is 2.32. The lowest BCUT2D eigenvalue weighted by molar-refractivity contribution is 1.45. The molecule has 0 atom stereocenters. The molecule has 0 fully saturated rings. The Morgan fingerprint density at radius 2 is 1.62 bits per heavy atom. The summed E-state index contributed by atoms with van der Waals surface area (Å²) in [7, 11) is 0. The predicted octanol–water partition coefficient (Wildman–Crippen LogP) is 5.05. The van der Waals surface area contributed by atoms with Crippen LogP contribution in [0, 0.1) is 6.92 Å². The highest BCUT2D eigenvalue weighted by molar-refractivity contribution is 6.37. The molecule has 1 N–H and O–H groups in total. The van der Waals surface area contributed by atoms with Crippen LogP contribution in [0.4, 0.5) is 11.4 Å². The fraction of sp³-hybridized carbons (Fsp3) is 0.0769. The molecule has 0 radical (unpaired) electrons. The molecule has 82 valence electrons. The third-order valence-electron chi connectivity index (χ3n) is 2.37. The lowest BCUT2D eigenvalue weighted by atomic mass is 10.2. The number of para-hydroxylation sites is 1. The van der Waals surface area contributed by atoms with Crippen molar-refractivity contribution in [3.05, 3.63) is 58.1 Å². The summed E-state index contributed by atoms with van der Waals surface area (Å²) in [6, 6.07) is 13.6. The molecule has 0 aliphatic rings. The summed E-state index contributed by atoms with van der Waals surface area (Å²) in [5, 5.41) is 4.60. The van der Waals surface area contributed by atoms with Gasteiger partial charge in [-0.3, -0.25) is 0 Å². The second-order valence-electron chi connectivity index (χ2n) is 3.52. The molecule has 0 bridgehead atoms. The quantitative estimate of drug-likeness (QED) is 0.788. The second-order valence-corrected chi connectivity index (χ2v) is 4.31. The van der Waals surface area contributed by atoms with E-state index in [1.165, 1.54) is 0 Å². The van der Waals surface area contributed by atoms with E-state index in [0.29, 0.717) is 10.0 Å². The van der Waals surface area contributed by atoms with Gasteiger partial charge in [0.1, 0.15) is 0 Å². The van der Waals surface area contributed by atoms with Gasteiger partial charge in [-0.05, 0) is 36.8 Å². The van der Waals surface area contributed by atoms with Crippen LogP contribution in [0.2, 0.25) is 10.0 Å². The Kier molecular flexibility index (Phi) is 3.37. The van der Waals surface area contributed by atoms with E-state index in [2.05, 4.69) is 5.32 Å². The molecule has 0 heterocycles. The molecule has 16 heavy (non-hydrogen) atoms. The molecule has 2 aromatic carbocycles. The third-order valence-corrected chi connectivity index (χ3v) is 3.27. The van der Waals surface area contributed by atoms with Gasteiger partial charge in [0, 0.05) is 10.7 Å². The Balaban J connectivity index is 2.33. The molecule has 0 aliphatic heterocycles. The summed E-state index contributed by atoms with van der Waals surface area (Å²) >= 11 is 12.2. The summed E-state index contributed by atoms with van der Waals surface area (Å²) in [5.41, 5.74) is 2.77. The first-order valence-electron chi connectivity index (χ1n) is 4.95. The Morgan fingerprint density at radius 3 is 2.31 bits per heavy atom. The van der Waals surface area contributed by atoms with Gasteiger partial charge in [0.25, 0.3) is 0 Å². The van der Waals surface area contributed by atoms with E-state index in [1.54, 1.807) is 0 Å². The van der Waals surface area contributed by atoms with E-state index in [4.69, 9.17) is 23.2 Å². The summed E-state index contributed by atoms with van der Waals surface area (Å²) in [6.45, 7) is 1.90. The smallest absolute Gasteiger partial charge is 0.0684 e. The molecule has 3 heteroatoms. The van der Waals surface area contributed by atoms with Crippen LogP contribution in [0.15, 0.2) is 42.5 Å². The summed E-state index contributed by atoms with van der Waals surface area (Å²) in [6.07, 6.45) is 0. The van der Waals surface area contributed by atoms with Gasteiger partial charge in [-0.15, -0.1) is 0 Å². The Morgan fingerprint density at radius 1 is 0.938 bits per heavy atom. The Bertz CT molecular complexity index is 495. The minimum absolute atomic E-state index is 0.663. The van der Waals surface area contributed by atoms with Gasteiger partial charge in [0.2, 0.25) is 0 Å². The van der Waals surface area contributed by atoms with Crippen LogP contribution in [0.1, 0.15) is 5.56 Å². The van der Waals surface area contributed by atoms with Gasteiger partial charge in [0.15, 0.2) is 0 Å². The fourth-order valence-corrected chi connectivity index (χ4v) is 1.85. The zero-order valence-electron chi connectivity index (χ0n) is 8.80. The van der Waals surface area contributed by atoms with E-state index < -0.39 is 0 Å². The average Bonchev–Trinajstić information content (AvgIpc) is 2.31. The van der Waals surface area contributed by atoms with Gasteiger partial charge in [-0.2, -0.15) is 0 Å². The average molecular weight is 252 g/mol. The van der Waals surface area contributed by atoms with Gasteiger partial charge in [-0.25, -0.2) is 0 Å². The summed E-state index contributed by atoms with van der Waals surface area (Å²) in [4.78, 5) is 0. The molecule has 0 amide bonds. The number of halogens is 2. The van der Waals surface area contributed by atoms with Crippen molar-refractivity contribution in [2.45, 2.75) is 6.92 Å². The first-order valence-corrected chi connectivity index (χ1v) is 5.71. The second kappa shape index (κ2) is 4.77. The highest BCUT2D eigenvalue weighted by Gasteiger charge is 2.06.